The molecule has 3 aliphatic rings. The van der Waals surface area contributed by atoms with E-state index in [1.807, 2.05) is 0 Å². The van der Waals surface area contributed by atoms with Crippen LogP contribution in [0.4, 0.5) is 15.1 Å². The van der Waals surface area contributed by atoms with Gasteiger partial charge in [-0.15, -0.1) is 10.2 Å². The van der Waals surface area contributed by atoms with Gasteiger partial charge in [0.05, 0.1) is 6.61 Å². The highest BCUT2D eigenvalue weighted by Crippen LogP contribution is 2.31. The van der Waals surface area contributed by atoms with Gasteiger partial charge in [0.15, 0.2) is 0 Å². The Labute approximate surface area is 127 Å². The second-order valence-electron chi connectivity index (χ2n) is 5.76. The number of carbonyl (C=O) groups excluding carboxylic acids is 1. The van der Waals surface area contributed by atoms with E-state index in [-0.39, 0.29) is 6.09 Å². The lowest BCUT2D eigenvalue weighted by atomic mass is 10.2. The van der Waals surface area contributed by atoms with Gasteiger partial charge in [0.2, 0.25) is 10.3 Å². The van der Waals surface area contributed by atoms with Crippen molar-refractivity contribution in [1.29, 1.82) is 0 Å². The molecule has 3 fully saturated rings. The molecule has 1 unspecified atom stereocenters. The summed E-state index contributed by atoms with van der Waals surface area (Å²) in [5, 5.41) is 10.1. The van der Waals surface area contributed by atoms with Gasteiger partial charge < -0.3 is 9.64 Å². The molecule has 8 heteroatoms. The van der Waals surface area contributed by atoms with Gasteiger partial charge in [-0.2, -0.15) is 0 Å². The average Bonchev–Trinajstić information content (AvgIpc) is 3.16. The van der Waals surface area contributed by atoms with Gasteiger partial charge in [0.25, 0.3) is 0 Å². The molecule has 3 aliphatic heterocycles. The Morgan fingerprint density at radius 1 is 1.10 bits per heavy atom. The van der Waals surface area contributed by atoms with Crippen molar-refractivity contribution in [2.24, 2.45) is 0 Å². The highest BCUT2D eigenvalue weighted by atomic mass is 32.1. The van der Waals surface area contributed by atoms with Crippen molar-refractivity contribution < 1.29 is 9.53 Å². The standard InChI is InChI=1S/C13H19N5O2S/c19-13-18(5-2-8-20-13)12-15-14-11(21-12)17-7-6-16-4-1-3-10(16)9-17/h10H,1-9H2. The maximum atomic E-state index is 11.8. The first kappa shape index (κ1) is 13.3. The fraction of sp³-hybridized carbons (Fsp3) is 0.769. The normalized spacial score (nSPS) is 26.9. The first-order valence-electron chi connectivity index (χ1n) is 7.58. The van der Waals surface area contributed by atoms with E-state index in [1.165, 1.54) is 30.7 Å². The number of ether oxygens (including phenoxy) is 1. The number of carbonyl (C=O) groups is 1. The highest BCUT2D eigenvalue weighted by molar-refractivity contribution is 7.19. The molecule has 4 rings (SSSR count). The number of rotatable bonds is 2. The van der Waals surface area contributed by atoms with Crippen LogP contribution < -0.4 is 9.80 Å². The van der Waals surface area contributed by atoms with Crippen LogP contribution in [0.15, 0.2) is 0 Å². The Morgan fingerprint density at radius 3 is 2.90 bits per heavy atom. The van der Waals surface area contributed by atoms with Gasteiger partial charge in [-0.25, -0.2) is 4.79 Å². The molecular formula is C13H19N5O2S. The SMILES string of the molecule is O=C1OCCCN1c1nnc(N2CCN3CCCC3C2)s1. The summed E-state index contributed by atoms with van der Waals surface area (Å²) < 4.78 is 5.06. The second-order valence-corrected chi connectivity index (χ2v) is 6.70. The Hall–Kier alpha value is -1.41. The molecule has 4 heterocycles. The largest absolute Gasteiger partial charge is 0.449 e. The quantitative estimate of drug-likeness (QED) is 0.817. The summed E-state index contributed by atoms with van der Waals surface area (Å²) in [4.78, 5) is 18.2. The summed E-state index contributed by atoms with van der Waals surface area (Å²) in [5.41, 5.74) is 0. The van der Waals surface area contributed by atoms with Gasteiger partial charge >= 0.3 is 6.09 Å². The molecule has 1 atom stereocenters. The number of hydrogen-bond donors (Lipinski definition) is 0. The van der Waals surface area contributed by atoms with Gasteiger partial charge in [0, 0.05) is 32.2 Å². The zero-order valence-electron chi connectivity index (χ0n) is 11.9. The van der Waals surface area contributed by atoms with Crippen molar-refractivity contribution in [3.63, 3.8) is 0 Å². The van der Waals surface area contributed by atoms with Crippen LogP contribution in [-0.2, 0) is 4.74 Å². The molecule has 1 aromatic rings. The number of cyclic esters (lactones) is 1. The summed E-state index contributed by atoms with van der Waals surface area (Å²) >= 11 is 1.49. The van der Waals surface area contributed by atoms with E-state index < -0.39 is 0 Å². The van der Waals surface area contributed by atoms with E-state index in [9.17, 15) is 4.79 Å². The Kier molecular flexibility index (Phi) is 3.42. The summed E-state index contributed by atoms with van der Waals surface area (Å²) in [6.07, 6.45) is 3.13. The Bertz CT molecular complexity index is 536. The maximum Gasteiger partial charge on any atom is 0.416 e. The van der Waals surface area contributed by atoms with Crippen molar-refractivity contribution in [2.45, 2.75) is 25.3 Å². The van der Waals surface area contributed by atoms with E-state index in [4.69, 9.17) is 4.74 Å². The van der Waals surface area contributed by atoms with Gasteiger partial charge in [-0.3, -0.25) is 9.80 Å². The van der Waals surface area contributed by atoms with Crippen molar-refractivity contribution in [3.05, 3.63) is 0 Å². The number of anilines is 2. The van der Waals surface area contributed by atoms with Crippen LogP contribution in [0.1, 0.15) is 19.3 Å². The maximum absolute atomic E-state index is 11.8. The van der Waals surface area contributed by atoms with Crippen molar-refractivity contribution in [3.8, 4) is 0 Å². The highest BCUT2D eigenvalue weighted by Gasteiger charge is 2.32. The second kappa shape index (κ2) is 5.42. The molecule has 0 aromatic carbocycles. The molecule has 0 saturated carbocycles. The van der Waals surface area contributed by atoms with Crippen LogP contribution in [-0.4, -0.2) is 66.6 Å². The Morgan fingerprint density at radius 2 is 2.00 bits per heavy atom. The molecule has 0 bridgehead atoms. The first-order chi connectivity index (χ1) is 10.3. The van der Waals surface area contributed by atoms with E-state index in [1.54, 1.807) is 4.90 Å². The first-order valence-corrected chi connectivity index (χ1v) is 8.40. The smallest absolute Gasteiger partial charge is 0.416 e. The predicted octanol–water partition coefficient (Wildman–Crippen LogP) is 1.17. The molecule has 0 radical (unpaired) electrons. The van der Waals surface area contributed by atoms with E-state index in [0.29, 0.717) is 24.3 Å². The van der Waals surface area contributed by atoms with Gasteiger partial charge in [-0.1, -0.05) is 11.3 Å². The topological polar surface area (TPSA) is 61.8 Å². The van der Waals surface area contributed by atoms with Crippen LogP contribution in [0.25, 0.3) is 0 Å². The number of hydrogen-bond acceptors (Lipinski definition) is 7. The molecule has 7 nitrogen and oxygen atoms in total. The lowest BCUT2D eigenvalue weighted by molar-refractivity contribution is 0.140. The fourth-order valence-electron chi connectivity index (χ4n) is 3.33. The summed E-state index contributed by atoms with van der Waals surface area (Å²) in [6, 6.07) is 0.658. The number of nitrogens with zero attached hydrogens (tertiary/aromatic N) is 5. The molecule has 3 saturated heterocycles. The van der Waals surface area contributed by atoms with Crippen molar-refractivity contribution >= 4 is 27.7 Å². The average molecular weight is 309 g/mol. The molecule has 1 aromatic heterocycles. The van der Waals surface area contributed by atoms with Crippen molar-refractivity contribution in [1.82, 2.24) is 15.1 Å². The predicted molar refractivity (Wildman–Crippen MR) is 80.0 cm³/mol. The number of aromatic nitrogens is 2. The van der Waals surface area contributed by atoms with E-state index in [2.05, 4.69) is 20.0 Å². The lowest BCUT2D eigenvalue weighted by Crippen LogP contribution is -2.50. The minimum Gasteiger partial charge on any atom is -0.449 e. The minimum atomic E-state index is -0.301. The van der Waals surface area contributed by atoms with Crippen LogP contribution >= 0.6 is 11.3 Å². The lowest BCUT2D eigenvalue weighted by Gasteiger charge is -2.37. The van der Waals surface area contributed by atoms with Crippen molar-refractivity contribution in [2.75, 3.05) is 49.1 Å². The summed E-state index contributed by atoms with van der Waals surface area (Å²) in [6.45, 7) is 5.54. The minimum absolute atomic E-state index is 0.301. The van der Waals surface area contributed by atoms with Crippen LogP contribution in [0.5, 0.6) is 0 Å². The molecule has 21 heavy (non-hydrogen) atoms. The fourth-order valence-corrected chi connectivity index (χ4v) is 4.23. The molecule has 1 amide bonds. The molecule has 0 N–H and O–H groups in total. The van der Waals surface area contributed by atoms with Crippen LogP contribution in [0, 0.1) is 0 Å². The third-order valence-electron chi connectivity index (χ3n) is 4.46. The Balaban J connectivity index is 1.48. The molecule has 0 aliphatic carbocycles. The zero-order valence-corrected chi connectivity index (χ0v) is 12.7. The van der Waals surface area contributed by atoms with Crippen LogP contribution in [0.2, 0.25) is 0 Å². The molecule has 0 spiro atoms. The third kappa shape index (κ3) is 2.46. The number of piperazine rings is 1. The number of amides is 1. The van der Waals surface area contributed by atoms with Crippen LogP contribution in [0.3, 0.4) is 0 Å². The summed E-state index contributed by atoms with van der Waals surface area (Å²) in [7, 11) is 0. The van der Waals surface area contributed by atoms with E-state index in [0.717, 1.165) is 31.2 Å². The molecule has 114 valence electrons. The monoisotopic (exact) mass is 309 g/mol. The molecular weight excluding hydrogens is 290 g/mol. The third-order valence-corrected chi connectivity index (χ3v) is 5.47. The zero-order chi connectivity index (χ0) is 14.2. The van der Waals surface area contributed by atoms with Gasteiger partial charge in [-0.05, 0) is 25.8 Å². The number of fused-ring (bicyclic) bond motifs is 1. The summed E-state index contributed by atoms with van der Waals surface area (Å²) in [5.74, 6) is 0. The van der Waals surface area contributed by atoms with Gasteiger partial charge in [0.1, 0.15) is 0 Å². The van der Waals surface area contributed by atoms with E-state index >= 15 is 0 Å².